The van der Waals surface area contributed by atoms with E-state index >= 15 is 0 Å². The van der Waals surface area contributed by atoms with Crippen LogP contribution in [0.4, 0.5) is 0 Å². The van der Waals surface area contributed by atoms with E-state index in [-0.39, 0.29) is 5.91 Å². The van der Waals surface area contributed by atoms with Gasteiger partial charge in [0.2, 0.25) is 0 Å². The first-order valence-electron chi connectivity index (χ1n) is 6.16. The Bertz CT molecular complexity index is 508. The van der Waals surface area contributed by atoms with Crippen LogP contribution in [0.2, 0.25) is 0 Å². The van der Waals surface area contributed by atoms with Crippen molar-refractivity contribution in [1.29, 1.82) is 0 Å². The number of aromatic nitrogens is 1. The summed E-state index contributed by atoms with van der Waals surface area (Å²) in [5.41, 5.74) is 0.332. The molecule has 0 radical (unpaired) electrons. The molecule has 0 bridgehead atoms. The highest BCUT2D eigenvalue weighted by atomic mass is 32.1. The standard InChI is InChI=1S/C13H16N2O3S/c1-2-17-7-4-6-14-13(16)11-12(18-9-15-11)10-5-3-8-19-10/h3,5,8-9H,2,4,6-7H2,1H3,(H,14,16). The number of carbonyl (C=O) groups is 1. The number of ether oxygens (including phenoxy) is 1. The van der Waals surface area contributed by atoms with E-state index in [1.807, 2.05) is 24.4 Å². The number of rotatable bonds is 7. The van der Waals surface area contributed by atoms with Crippen LogP contribution in [0.3, 0.4) is 0 Å². The Hall–Kier alpha value is -1.66. The lowest BCUT2D eigenvalue weighted by Gasteiger charge is -2.04. The van der Waals surface area contributed by atoms with Gasteiger partial charge in [0, 0.05) is 19.8 Å². The summed E-state index contributed by atoms with van der Waals surface area (Å²) in [5.74, 6) is 0.311. The molecule has 0 spiro atoms. The van der Waals surface area contributed by atoms with Crippen molar-refractivity contribution in [3.63, 3.8) is 0 Å². The third-order valence-electron chi connectivity index (χ3n) is 2.48. The van der Waals surface area contributed by atoms with Crippen LogP contribution in [0.5, 0.6) is 0 Å². The molecular weight excluding hydrogens is 264 g/mol. The van der Waals surface area contributed by atoms with E-state index in [4.69, 9.17) is 9.15 Å². The van der Waals surface area contributed by atoms with Gasteiger partial charge in [0.15, 0.2) is 17.8 Å². The minimum absolute atomic E-state index is 0.214. The number of nitrogens with zero attached hydrogens (tertiary/aromatic N) is 1. The van der Waals surface area contributed by atoms with Crippen LogP contribution in [0.25, 0.3) is 10.6 Å². The van der Waals surface area contributed by atoms with E-state index in [1.54, 1.807) is 0 Å². The Morgan fingerprint density at radius 3 is 3.21 bits per heavy atom. The normalized spacial score (nSPS) is 10.6. The lowest BCUT2D eigenvalue weighted by molar-refractivity contribution is 0.0940. The number of hydrogen-bond donors (Lipinski definition) is 1. The molecule has 5 nitrogen and oxygen atoms in total. The molecule has 0 saturated carbocycles. The number of thiophene rings is 1. The Labute approximate surface area is 115 Å². The second kappa shape index (κ2) is 7.06. The molecule has 2 aromatic rings. The fourth-order valence-electron chi connectivity index (χ4n) is 1.59. The summed E-state index contributed by atoms with van der Waals surface area (Å²) in [5, 5.41) is 4.74. The van der Waals surface area contributed by atoms with Crippen LogP contribution >= 0.6 is 11.3 Å². The largest absolute Gasteiger partial charge is 0.442 e. The van der Waals surface area contributed by atoms with Crippen molar-refractivity contribution in [3.8, 4) is 10.6 Å². The van der Waals surface area contributed by atoms with Gasteiger partial charge in [0.05, 0.1) is 4.88 Å². The van der Waals surface area contributed by atoms with Gasteiger partial charge in [-0.15, -0.1) is 11.3 Å². The molecule has 2 aromatic heterocycles. The van der Waals surface area contributed by atoms with E-state index in [2.05, 4.69) is 10.3 Å². The van der Waals surface area contributed by atoms with Crippen LogP contribution in [0.15, 0.2) is 28.3 Å². The quantitative estimate of drug-likeness (QED) is 0.792. The Morgan fingerprint density at radius 2 is 2.47 bits per heavy atom. The first-order valence-corrected chi connectivity index (χ1v) is 7.04. The van der Waals surface area contributed by atoms with Crippen LogP contribution < -0.4 is 5.32 Å². The molecule has 102 valence electrons. The highest BCUT2D eigenvalue weighted by molar-refractivity contribution is 7.13. The van der Waals surface area contributed by atoms with Crippen molar-refractivity contribution >= 4 is 17.2 Å². The van der Waals surface area contributed by atoms with Crippen LogP contribution in [0, 0.1) is 0 Å². The van der Waals surface area contributed by atoms with Crippen molar-refractivity contribution in [3.05, 3.63) is 29.6 Å². The summed E-state index contributed by atoms with van der Waals surface area (Å²) >= 11 is 1.51. The molecule has 1 amide bonds. The van der Waals surface area contributed by atoms with Gasteiger partial charge >= 0.3 is 0 Å². The zero-order chi connectivity index (χ0) is 13.5. The monoisotopic (exact) mass is 280 g/mol. The average molecular weight is 280 g/mol. The number of oxazole rings is 1. The maximum atomic E-state index is 12.0. The number of hydrogen-bond acceptors (Lipinski definition) is 5. The molecule has 0 unspecified atom stereocenters. The Balaban J connectivity index is 1.91. The molecule has 0 fully saturated rings. The summed E-state index contributed by atoms with van der Waals surface area (Å²) in [6.07, 6.45) is 2.08. The predicted octanol–water partition coefficient (Wildman–Crippen LogP) is 2.56. The first-order chi connectivity index (χ1) is 9.33. The molecule has 6 heteroatoms. The second-order valence-electron chi connectivity index (χ2n) is 3.81. The number of amides is 1. The van der Waals surface area contributed by atoms with Crippen LogP contribution in [0.1, 0.15) is 23.8 Å². The van der Waals surface area contributed by atoms with Gasteiger partial charge in [-0.3, -0.25) is 4.79 Å². The van der Waals surface area contributed by atoms with Crippen LogP contribution in [-0.2, 0) is 4.74 Å². The van der Waals surface area contributed by atoms with Gasteiger partial charge in [-0.25, -0.2) is 4.98 Å². The van der Waals surface area contributed by atoms with Crippen LogP contribution in [-0.4, -0.2) is 30.6 Å². The van der Waals surface area contributed by atoms with Crippen molar-refractivity contribution in [1.82, 2.24) is 10.3 Å². The third kappa shape index (κ3) is 3.65. The molecule has 1 N–H and O–H groups in total. The lowest BCUT2D eigenvalue weighted by atomic mass is 10.3. The highest BCUT2D eigenvalue weighted by Gasteiger charge is 2.18. The van der Waals surface area contributed by atoms with Crippen molar-refractivity contribution < 1.29 is 13.9 Å². The number of carbonyl (C=O) groups excluding carboxylic acids is 1. The fraction of sp³-hybridized carbons (Fsp3) is 0.385. The van der Waals surface area contributed by atoms with Crippen molar-refractivity contribution in [2.45, 2.75) is 13.3 Å². The predicted molar refractivity (Wildman–Crippen MR) is 73.3 cm³/mol. The molecule has 0 aromatic carbocycles. The van der Waals surface area contributed by atoms with E-state index in [0.717, 1.165) is 11.3 Å². The van der Waals surface area contributed by atoms with Gasteiger partial charge in [-0.1, -0.05) is 6.07 Å². The fourth-order valence-corrected chi connectivity index (χ4v) is 2.31. The Morgan fingerprint density at radius 1 is 1.58 bits per heavy atom. The molecular formula is C13H16N2O3S. The second-order valence-corrected chi connectivity index (χ2v) is 4.76. The van der Waals surface area contributed by atoms with Crippen molar-refractivity contribution in [2.75, 3.05) is 19.8 Å². The molecule has 19 heavy (non-hydrogen) atoms. The van der Waals surface area contributed by atoms with Gasteiger partial charge in [-0.05, 0) is 24.8 Å². The van der Waals surface area contributed by atoms with Gasteiger partial charge in [-0.2, -0.15) is 0 Å². The molecule has 2 rings (SSSR count). The van der Waals surface area contributed by atoms with E-state index < -0.39 is 0 Å². The SMILES string of the molecule is CCOCCCNC(=O)c1ncoc1-c1cccs1. The van der Waals surface area contributed by atoms with E-state index in [1.165, 1.54) is 17.7 Å². The van der Waals surface area contributed by atoms with Gasteiger partial charge in [0.1, 0.15) is 0 Å². The summed E-state index contributed by atoms with van der Waals surface area (Å²) in [7, 11) is 0. The molecule has 0 aliphatic carbocycles. The van der Waals surface area contributed by atoms with E-state index in [9.17, 15) is 4.79 Å². The smallest absolute Gasteiger partial charge is 0.273 e. The molecule has 0 aliphatic heterocycles. The first kappa shape index (κ1) is 13.8. The number of nitrogens with one attached hydrogen (secondary N) is 1. The topological polar surface area (TPSA) is 64.4 Å². The minimum Gasteiger partial charge on any atom is -0.442 e. The van der Waals surface area contributed by atoms with Gasteiger partial charge < -0.3 is 14.5 Å². The van der Waals surface area contributed by atoms with Gasteiger partial charge in [0.25, 0.3) is 5.91 Å². The summed E-state index contributed by atoms with van der Waals surface area (Å²) in [6, 6.07) is 3.81. The maximum Gasteiger partial charge on any atom is 0.273 e. The molecule has 0 saturated heterocycles. The summed E-state index contributed by atoms with van der Waals surface area (Å²) in [4.78, 5) is 16.9. The third-order valence-corrected chi connectivity index (χ3v) is 3.35. The molecule has 0 atom stereocenters. The maximum absolute atomic E-state index is 12.0. The zero-order valence-corrected chi connectivity index (χ0v) is 11.5. The summed E-state index contributed by atoms with van der Waals surface area (Å²) < 4.78 is 10.5. The molecule has 0 aliphatic rings. The van der Waals surface area contributed by atoms with Crippen molar-refractivity contribution in [2.24, 2.45) is 0 Å². The zero-order valence-electron chi connectivity index (χ0n) is 10.7. The minimum atomic E-state index is -0.214. The average Bonchev–Trinajstić information content (AvgIpc) is 3.08. The lowest BCUT2D eigenvalue weighted by Crippen LogP contribution is -2.26. The Kier molecular flexibility index (Phi) is 5.11. The van der Waals surface area contributed by atoms with E-state index in [0.29, 0.717) is 31.2 Å². The summed E-state index contributed by atoms with van der Waals surface area (Å²) in [6.45, 7) is 3.85. The molecule has 2 heterocycles. The highest BCUT2D eigenvalue weighted by Crippen LogP contribution is 2.27.